The molecule has 1 heterocycles. The molecule has 2 rings (SSSR count). The summed E-state index contributed by atoms with van der Waals surface area (Å²) in [5.74, 6) is 0.893. The van der Waals surface area contributed by atoms with E-state index < -0.39 is 0 Å². The van der Waals surface area contributed by atoms with E-state index in [0.29, 0.717) is 6.42 Å². The van der Waals surface area contributed by atoms with Crippen LogP contribution in [0, 0.1) is 6.92 Å². The minimum atomic E-state index is 0.0695. The van der Waals surface area contributed by atoms with Gasteiger partial charge >= 0.3 is 0 Å². The van der Waals surface area contributed by atoms with Crippen LogP contribution in [-0.4, -0.2) is 37.0 Å². The molecule has 106 valence electrons. The first kappa shape index (κ1) is 14.5. The highest BCUT2D eigenvalue weighted by atomic mass is 32.1. The number of benzene rings is 1. The van der Waals surface area contributed by atoms with E-state index in [1.165, 1.54) is 0 Å². The number of methoxy groups -OCH3 is 1. The lowest BCUT2D eigenvalue weighted by Gasteiger charge is -2.07. The van der Waals surface area contributed by atoms with Crippen LogP contribution >= 0.6 is 11.3 Å². The van der Waals surface area contributed by atoms with Crippen molar-refractivity contribution in [2.45, 2.75) is 13.3 Å². The van der Waals surface area contributed by atoms with Crippen molar-refractivity contribution >= 4 is 17.2 Å². The maximum atomic E-state index is 11.7. The molecule has 1 aromatic carbocycles. The monoisotopic (exact) mass is 290 g/mol. The average molecular weight is 290 g/mol. The molecule has 0 bridgehead atoms. The Hall–Kier alpha value is -1.88. The number of hydrogen-bond acceptors (Lipinski definition) is 4. The highest BCUT2D eigenvalue weighted by molar-refractivity contribution is 7.12. The molecule has 0 N–H and O–H groups in total. The number of amides is 1. The van der Waals surface area contributed by atoms with Crippen LogP contribution in [0.15, 0.2) is 24.3 Å². The van der Waals surface area contributed by atoms with Crippen molar-refractivity contribution in [1.82, 2.24) is 9.88 Å². The number of ether oxygens (including phenoxy) is 1. The van der Waals surface area contributed by atoms with Crippen LogP contribution in [0.1, 0.15) is 9.88 Å². The van der Waals surface area contributed by atoms with Crippen molar-refractivity contribution in [2.24, 2.45) is 0 Å². The normalized spacial score (nSPS) is 10.4. The van der Waals surface area contributed by atoms with Crippen LogP contribution in [-0.2, 0) is 11.2 Å². The molecule has 0 aliphatic carbocycles. The lowest BCUT2D eigenvalue weighted by Crippen LogP contribution is -2.23. The van der Waals surface area contributed by atoms with Gasteiger partial charge in [-0.05, 0) is 31.2 Å². The summed E-state index contributed by atoms with van der Waals surface area (Å²) in [6, 6.07) is 7.80. The molecule has 0 saturated carbocycles. The van der Waals surface area contributed by atoms with Crippen LogP contribution in [0.4, 0.5) is 0 Å². The number of carbonyl (C=O) groups excluding carboxylic acids is 1. The van der Waals surface area contributed by atoms with Gasteiger partial charge in [-0.1, -0.05) is 0 Å². The van der Waals surface area contributed by atoms with Gasteiger partial charge in [0.15, 0.2) is 0 Å². The topological polar surface area (TPSA) is 42.4 Å². The zero-order valence-electron chi connectivity index (χ0n) is 12.1. The molecule has 20 heavy (non-hydrogen) atoms. The smallest absolute Gasteiger partial charge is 0.228 e. The maximum Gasteiger partial charge on any atom is 0.228 e. The number of carbonyl (C=O) groups is 1. The second-order valence-electron chi connectivity index (χ2n) is 4.71. The Kier molecular flexibility index (Phi) is 4.39. The fourth-order valence-corrected chi connectivity index (χ4v) is 2.78. The summed E-state index contributed by atoms with van der Waals surface area (Å²) in [4.78, 5) is 19.0. The molecular weight excluding hydrogens is 272 g/mol. The van der Waals surface area contributed by atoms with Gasteiger partial charge in [-0.3, -0.25) is 4.79 Å². The van der Waals surface area contributed by atoms with E-state index in [4.69, 9.17) is 4.74 Å². The first-order chi connectivity index (χ1) is 9.51. The van der Waals surface area contributed by atoms with Crippen LogP contribution in [0.25, 0.3) is 11.3 Å². The third-order valence-electron chi connectivity index (χ3n) is 3.01. The van der Waals surface area contributed by atoms with E-state index in [9.17, 15) is 4.79 Å². The van der Waals surface area contributed by atoms with E-state index in [1.807, 2.05) is 31.2 Å². The molecule has 0 saturated heterocycles. The van der Waals surface area contributed by atoms with Crippen LogP contribution in [0.3, 0.4) is 0 Å². The predicted molar refractivity (Wildman–Crippen MR) is 81.2 cm³/mol. The number of aryl methyl sites for hydroxylation is 1. The quantitative estimate of drug-likeness (QED) is 0.869. The van der Waals surface area contributed by atoms with Crippen LogP contribution in [0.2, 0.25) is 0 Å². The number of nitrogens with zero attached hydrogens (tertiary/aromatic N) is 2. The Balaban J connectivity index is 2.24. The van der Waals surface area contributed by atoms with Crippen molar-refractivity contribution in [2.75, 3.05) is 21.2 Å². The number of hydrogen-bond donors (Lipinski definition) is 0. The van der Waals surface area contributed by atoms with E-state index >= 15 is 0 Å². The number of thiazole rings is 1. The molecule has 0 fully saturated rings. The molecule has 0 spiro atoms. The number of likely N-dealkylation sites (N-methyl/N-ethyl adjacent to an activating group) is 1. The van der Waals surface area contributed by atoms with Gasteiger partial charge in [0.05, 0.1) is 19.2 Å². The molecule has 0 unspecified atom stereocenters. The summed E-state index contributed by atoms with van der Waals surface area (Å²) in [5.41, 5.74) is 1.99. The van der Waals surface area contributed by atoms with Gasteiger partial charge in [0.25, 0.3) is 0 Å². The molecule has 5 heteroatoms. The van der Waals surface area contributed by atoms with Gasteiger partial charge in [0.2, 0.25) is 5.91 Å². The summed E-state index contributed by atoms with van der Waals surface area (Å²) in [6.45, 7) is 2.03. The Labute approximate surface area is 123 Å². The van der Waals surface area contributed by atoms with Crippen LogP contribution < -0.4 is 4.74 Å². The predicted octanol–water partition coefficient (Wildman–Crippen LogP) is 2.76. The van der Waals surface area contributed by atoms with Gasteiger partial charge in [0.1, 0.15) is 10.8 Å². The maximum absolute atomic E-state index is 11.7. The summed E-state index contributed by atoms with van der Waals surface area (Å²) in [6.07, 6.45) is 0.356. The molecular formula is C15H18N2O2S. The Morgan fingerprint density at radius 3 is 2.50 bits per heavy atom. The summed E-state index contributed by atoms with van der Waals surface area (Å²) >= 11 is 1.58. The number of rotatable bonds is 4. The molecule has 0 aliphatic rings. The second kappa shape index (κ2) is 6.05. The zero-order chi connectivity index (χ0) is 14.7. The largest absolute Gasteiger partial charge is 0.497 e. The van der Waals surface area contributed by atoms with Crippen molar-refractivity contribution in [3.63, 3.8) is 0 Å². The van der Waals surface area contributed by atoms with Gasteiger partial charge in [-0.15, -0.1) is 11.3 Å². The molecule has 0 atom stereocenters. The fourth-order valence-electron chi connectivity index (χ4n) is 1.83. The third kappa shape index (κ3) is 3.17. The second-order valence-corrected chi connectivity index (χ2v) is 5.99. The number of aromatic nitrogens is 1. The summed E-state index contributed by atoms with van der Waals surface area (Å²) < 4.78 is 5.15. The van der Waals surface area contributed by atoms with Crippen molar-refractivity contribution < 1.29 is 9.53 Å². The van der Waals surface area contributed by atoms with Gasteiger partial charge in [-0.25, -0.2) is 4.98 Å². The van der Waals surface area contributed by atoms with Crippen LogP contribution in [0.5, 0.6) is 5.75 Å². The standard InChI is InChI=1S/C15H18N2O2S/c1-10-15(11-5-7-12(19-4)8-6-11)16-13(20-10)9-14(18)17(2)3/h5-8H,9H2,1-4H3. The van der Waals surface area contributed by atoms with Crippen molar-refractivity contribution in [3.8, 4) is 17.0 Å². The minimum Gasteiger partial charge on any atom is -0.497 e. The minimum absolute atomic E-state index is 0.0695. The van der Waals surface area contributed by atoms with Gasteiger partial charge in [0, 0.05) is 24.5 Å². The average Bonchev–Trinajstić information content (AvgIpc) is 2.79. The molecule has 4 nitrogen and oxygen atoms in total. The van der Waals surface area contributed by atoms with Crippen molar-refractivity contribution in [1.29, 1.82) is 0 Å². The Morgan fingerprint density at radius 2 is 1.95 bits per heavy atom. The first-order valence-corrected chi connectivity index (χ1v) is 7.13. The summed E-state index contributed by atoms with van der Waals surface area (Å²) in [7, 11) is 5.16. The lowest BCUT2D eigenvalue weighted by molar-refractivity contribution is -0.127. The fraction of sp³-hybridized carbons (Fsp3) is 0.333. The molecule has 1 aromatic heterocycles. The Bertz CT molecular complexity index is 603. The van der Waals surface area contributed by atoms with Crippen molar-refractivity contribution in [3.05, 3.63) is 34.2 Å². The molecule has 0 radical (unpaired) electrons. The van der Waals surface area contributed by atoms with E-state index in [-0.39, 0.29) is 5.91 Å². The Morgan fingerprint density at radius 1 is 1.30 bits per heavy atom. The zero-order valence-corrected chi connectivity index (χ0v) is 13.0. The SMILES string of the molecule is COc1ccc(-c2nc(CC(=O)N(C)C)sc2C)cc1. The first-order valence-electron chi connectivity index (χ1n) is 6.32. The lowest BCUT2D eigenvalue weighted by atomic mass is 10.1. The third-order valence-corrected chi connectivity index (χ3v) is 3.98. The van der Waals surface area contributed by atoms with E-state index in [1.54, 1.807) is 37.4 Å². The van der Waals surface area contributed by atoms with E-state index in [2.05, 4.69) is 4.98 Å². The summed E-state index contributed by atoms with van der Waals surface area (Å²) in [5, 5.41) is 0.854. The highest BCUT2D eigenvalue weighted by Gasteiger charge is 2.13. The molecule has 0 aliphatic heterocycles. The molecule has 1 amide bonds. The van der Waals surface area contributed by atoms with Gasteiger partial charge < -0.3 is 9.64 Å². The molecule has 2 aromatic rings. The van der Waals surface area contributed by atoms with Gasteiger partial charge in [-0.2, -0.15) is 0 Å². The van der Waals surface area contributed by atoms with E-state index in [0.717, 1.165) is 26.9 Å². The highest BCUT2D eigenvalue weighted by Crippen LogP contribution is 2.29.